The summed E-state index contributed by atoms with van der Waals surface area (Å²) in [7, 11) is 0. The largest absolute Gasteiger partial charge is 0.385 e. The smallest absolute Gasteiger partial charge is 0.0948 e. The standard InChI is InChI=1S/C15H22O2/c1-5-17-13-8-15(16,9-13)14-7-11(3)10(2)6-12(14)4/h6-7,13,16H,5,8-9H2,1-4H3. The molecular weight excluding hydrogens is 212 g/mol. The Morgan fingerprint density at radius 3 is 2.35 bits per heavy atom. The van der Waals surface area contributed by atoms with Crippen LogP contribution in [0.4, 0.5) is 0 Å². The number of benzene rings is 1. The van der Waals surface area contributed by atoms with Gasteiger partial charge >= 0.3 is 0 Å². The van der Waals surface area contributed by atoms with Crippen LogP contribution in [0.2, 0.25) is 0 Å². The van der Waals surface area contributed by atoms with Crippen molar-refractivity contribution in [2.75, 3.05) is 6.61 Å². The van der Waals surface area contributed by atoms with Crippen molar-refractivity contribution in [2.45, 2.75) is 52.2 Å². The fourth-order valence-corrected chi connectivity index (χ4v) is 2.73. The number of rotatable bonds is 3. The number of hydrogen-bond acceptors (Lipinski definition) is 2. The Hall–Kier alpha value is -0.860. The molecule has 94 valence electrons. The lowest BCUT2D eigenvalue weighted by molar-refractivity contribution is -0.143. The zero-order valence-corrected chi connectivity index (χ0v) is 11.2. The highest BCUT2D eigenvalue weighted by atomic mass is 16.5. The van der Waals surface area contributed by atoms with Gasteiger partial charge in [-0.3, -0.25) is 0 Å². The molecule has 1 aromatic rings. The Morgan fingerprint density at radius 2 is 1.76 bits per heavy atom. The molecule has 2 rings (SSSR count). The highest BCUT2D eigenvalue weighted by Crippen LogP contribution is 2.44. The lowest BCUT2D eigenvalue weighted by Gasteiger charge is -2.44. The molecule has 0 aromatic heterocycles. The van der Waals surface area contributed by atoms with E-state index in [0.29, 0.717) is 0 Å². The van der Waals surface area contributed by atoms with E-state index in [0.717, 1.165) is 25.0 Å². The summed E-state index contributed by atoms with van der Waals surface area (Å²) in [4.78, 5) is 0. The third kappa shape index (κ3) is 2.24. The van der Waals surface area contributed by atoms with Gasteiger partial charge in [0.2, 0.25) is 0 Å². The molecule has 0 aliphatic heterocycles. The van der Waals surface area contributed by atoms with Gasteiger partial charge in [-0.15, -0.1) is 0 Å². The van der Waals surface area contributed by atoms with Crippen molar-refractivity contribution in [3.05, 3.63) is 34.4 Å². The fraction of sp³-hybridized carbons (Fsp3) is 0.600. The highest BCUT2D eigenvalue weighted by Gasteiger charge is 2.45. The molecule has 2 heteroatoms. The van der Waals surface area contributed by atoms with Gasteiger partial charge in [0.15, 0.2) is 0 Å². The molecule has 0 saturated heterocycles. The van der Waals surface area contributed by atoms with Crippen LogP contribution in [0.3, 0.4) is 0 Å². The zero-order valence-electron chi connectivity index (χ0n) is 11.2. The van der Waals surface area contributed by atoms with Crippen LogP contribution in [-0.4, -0.2) is 17.8 Å². The van der Waals surface area contributed by atoms with Gasteiger partial charge in [-0.25, -0.2) is 0 Å². The number of aliphatic hydroxyl groups is 1. The average Bonchev–Trinajstić information content (AvgIpc) is 2.21. The monoisotopic (exact) mass is 234 g/mol. The quantitative estimate of drug-likeness (QED) is 0.871. The van der Waals surface area contributed by atoms with Crippen LogP contribution in [0.25, 0.3) is 0 Å². The van der Waals surface area contributed by atoms with Gasteiger partial charge in [-0.2, -0.15) is 0 Å². The predicted molar refractivity (Wildman–Crippen MR) is 69.2 cm³/mol. The van der Waals surface area contributed by atoms with Crippen molar-refractivity contribution in [1.82, 2.24) is 0 Å². The Bertz CT molecular complexity index is 417. The maximum absolute atomic E-state index is 10.6. The minimum absolute atomic E-state index is 0.228. The lowest BCUT2D eigenvalue weighted by Crippen LogP contribution is -2.46. The molecule has 1 saturated carbocycles. The van der Waals surface area contributed by atoms with Gasteiger partial charge in [0, 0.05) is 19.4 Å². The summed E-state index contributed by atoms with van der Waals surface area (Å²) in [6.07, 6.45) is 1.68. The SMILES string of the molecule is CCOC1CC(O)(c2cc(C)c(C)cc2C)C1. The molecule has 0 unspecified atom stereocenters. The molecule has 2 nitrogen and oxygen atoms in total. The Kier molecular flexibility index (Phi) is 3.28. The second-order valence-electron chi connectivity index (χ2n) is 5.27. The fourth-order valence-electron chi connectivity index (χ4n) is 2.73. The first-order valence-electron chi connectivity index (χ1n) is 6.38. The Labute approximate surface area is 104 Å². The second kappa shape index (κ2) is 4.43. The molecule has 1 aromatic carbocycles. The third-order valence-electron chi connectivity index (χ3n) is 3.88. The van der Waals surface area contributed by atoms with Crippen LogP contribution in [0.1, 0.15) is 42.0 Å². The van der Waals surface area contributed by atoms with Crippen molar-refractivity contribution >= 4 is 0 Å². The van der Waals surface area contributed by atoms with Gasteiger partial charge < -0.3 is 9.84 Å². The molecule has 17 heavy (non-hydrogen) atoms. The molecule has 0 bridgehead atoms. The molecule has 0 heterocycles. The van der Waals surface area contributed by atoms with Crippen LogP contribution in [-0.2, 0) is 10.3 Å². The third-order valence-corrected chi connectivity index (χ3v) is 3.88. The maximum Gasteiger partial charge on any atom is 0.0948 e. The topological polar surface area (TPSA) is 29.5 Å². The highest BCUT2D eigenvalue weighted by molar-refractivity contribution is 5.41. The summed E-state index contributed by atoms with van der Waals surface area (Å²) in [5, 5.41) is 10.6. The van der Waals surface area contributed by atoms with E-state index in [1.54, 1.807) is 0 Å². The molecule has 1 aliphatic carbocycles. The molecule has 0 atom stereocenters. The first-order chi connectivity index (χ1) is 7.96. The Balaban J connectivity index is 2.21. The second-order valence-corrected chi connectivity index (χ2v) is 5.27. The summed E-state index contributed by atoms with van der Waals surface area (Å²) in [6.45, 7) is 9.01. The van der Waals surface area contributed by atoms with Crippen LogP contribution < -0.4 is 0 Å². The maximum atomic E-state index is 10.6. The van der Waals surface area contributed by atoms with Gasteiger partial charge in [-0.1, -0.05) is 12.1 Å². The van der Waals surface area contributed by atoms with Crippen LogP contribution in [0.5, 0.6) is 0 Å². The first kappa shape index (κ1) is 12.6. The van der Waals surface area contributed by atoms with E-state index in [1.165, 1.54) is 16.7 Å². The molecule has 1 aliphatic rings. The van der Waals surface area contributed by atoms with E-state index in [-0.39, 0.29) is 6.10 Å². The van der Waals surface area contributed by atoms with E-state index < -0.39 is 5.60 Å². The van der Waals surface area contributed by atoms with Gasteiger partial charge in [0.25, 0.3) is 0 Å². The predicted octanol–water partition coefficient (Wildman–Crippen LogP) is 3.00. The van der Waals surface area contributed by atoms with Crippen LogP contribution >= 0.6 is 0 Å². The molecule has 0 spiro atoms. The summed E-state index contributed by atoms with van der Waals surface area (Å²) in [6, 6.07) is 4.30. The minimum Gasteiger partial charge on any atom is -0.385 e. The minimum atomic E-state index is -0.664. The normalized spacial score (nSPS) is 27.9. The number of aryl methyl sites for hydroxylation is 3. The van der Waals surface area contributed by atoms with Crippen molar-refractivity contribution < 1.29 is 9.84 Å². The van der Waals surface area contributed by atoms with Gasteiger partial charge in [0.1, 0.15) is 0 Å². The average molecular weight is 234 g/mol. The molecular formula is C15H22O2. The first-order valence-corrected chi connectivity index (χ1v) is 6.38. The van der Waals surface area contributed by atoms with E-state index >= 15 is 0 Å². The molecule has 1 fully saturated rings. The number of hydrogen-bond donors (Lipinski definition) is 1. The van der Waals surface area contributed by atoms with E-state index in [2.05, 4.69) is 32.9 Å². The summed E-state index contributed by atoms with van der Waals surface area (Å²) >= 11 is 0. The van der Waals surface area contributed by atoms with E-state index in [4.69, 9.17) is 4.74 Å². The summed E-state index contributed by atoms with van der Waals surface area (Å²) in [5.74, 6) is 0. The van der Waals surface area contributed by atoms with Crippen molar-refractivity contribution in [2.24, 2.45) is 0 Å². The summed E-state index contributed by atoms with van der Waals surface area (Å²) in [5.41, 5.74) is 4.14. The van der Waals surface area contributed by atoms with Crippen LogP contribution in [0, 0.1) is 20.8 Å². The molecule has 0 radical (unpaired) electrons. The molecule has 1 N–H and O–H groups in total. The van der Waals surface area contributed by atoms with Crippen molar-refractivity contribution in [3.63, 3.8) is 0 Å². The lowest BCUT2D eigenvalue weighted by atomic mass is 9.71. The summed E-state index contributed by atoms with van der Waals surface area (Å²) < 4.78 is 5.53. The van der Waals surface area contributed by atoms with Gasteiger partial charge in [0.05, 0.1) is 11.7 Å². The van der Waals surface area contributed by atoms with Crippen molar-refractivity contribution in [1.29, 1.82) is 0 Å². The Morgan fingerprint density at radius 1 is 1.18 bits per heavy atom. The van der Waals surface area contributed by atoms with E-state index in [1.807, 2.05) is 6.92 Å². The zero-order chi connectivity index (χ0) is 12.6. The van der Waals surface area contributed by atoms with Crippen molar-refractivity contribution in [3.8, 4) is 0 Å². The molecule has 0 amide bonds. The van der Waals surface area contributed by atoms with E-state index in [9.17, 15) is 5.11 Å². The van der Waals surface area contributed by atoms with Gasteiger partial charge in [-0.05, 0) is 49.9 Å². The number of ether oxygens (including phenoxy) is 1. The van der Waals surface area contributed by atoms with Crippen LogP contribution in [0.15, 0.2) is 12.1 Å².